The van der Waals surface area contributed by atoms with Crippen molar-refractivity contribution in [2.24, 2.45) is 21.9 Å². The van der Waals surface area contributed by atoms with Crippen LogP contribution in [0.1, 0.15) is 60.8 Å². The van der Waals surface area contributed by atoms with Crippen LogP contribution in [0.2, 0.25) is 0 Å². The molecule has 2 saturated heterocycles. The summed E-state index contributed by atoms with van der Waals surface area (Å²) in [4.78, 5) is 38.8. The Balaban J connectivity index is 2.04. The predicted octanol–water partition coefficient (Wildman–Crippen LogP) is 1.98. The molecule has 10 nitrogen and oxygen atoms in total. The van der Waals surface area contributed by atoms with Gasteiger partial charge in [-0.1, -0.05) is 25.9 Å². The number of esters is 1. The van der Waals surface area contributed by atoms with Crippen LogP contribution in [-0.4, -0.2) is 69.6 Å². The van der Waals surface area contributed by atoms with Crippen LogP contribution in [0.4, 0.5) is 4.79 Å². The highest BCUT2D eigenvalue weighted by Gasteiger charge is 2.85. The van der Waals surface area contributed by atoms with Crippen molar-refractivity contribution in [1.82, 2.24) is 0 Å². The van der Waals surface area contributed by atoms with Gasteiger partial charge in [0.25, 0.3) is 0 Å². The molecule has 8 atom stereocenters. The van der Waals surface area contributed by atoms with E-state index >= 15 is 0 Å². The first-order chi connectivity index (χ1) is 14.7. The maximum atomic E-state index is 14.0. The number of oxime groups is 1. The van der Waals surface area contributed by atoms with Gasteiger partial charge in [-0.25, -0.2) is 4.79 Å². The Bertz CT molecular complexity index is 902. The Hall–Kier alpha value is -2.20. The Morgan fingerprint density at radius 3 is 2.47 bits per heavy atom. The van der Waals surface area contributed by atoms with Gasteiger partial charge in [-0.15, -0.1) is 0 Å². The van der Waals surface area contributed by atoms with Crippen molar-refractivity contribution in [3.05, 3.63) is 0 Å². The SMILES string of the molecule is CC(=O)O[C@H]1[C@@H](O)[C@H]2C(C)(C)CC[C@H]3OC(=O)O[C@@]4(C(=O)C[C@](C)(C=NO)O[C@]14C)[C@@]32C. The van der Waals surface area contributed by atoms with Crippen molar-refractivity contribution >= 4 is 24.1 Å². The number of hydrogen-bond donors (Lipinski definition) is 2. The summed E-state index contributed by atoms with van der Waals surface area (Å²) in [6.45, 7) is 9.96. The van der Waals surface area contributed by atoms with Crippen LogP contribution >= 0.6 is 0 Å². The standard InChI is InChI=1S/C22H31NO9/c1-11(24)29-16-14(26)15-18(2,3)8-7-13-20(15,5)22(31-17(27)30-13)12(25)9-19(4,10-23-28)32-21(16,22)6/h10,13-16,26,28H,7-9H2,1-6H3/t13-,14+,15+,16+,19-,20+,21-,22+/m1/s1. The Morgan fingerprint density at radius 1 is 1.22 bits per heavy atom. The first-order valence-electron chi connectivity index (χ1n) is 10.9. The van der Waals surface area contributed by atoms with Crippen molar-refractivity contribution < 1.29 is 43.6 Å². The lowest BCUT2D eigenvalue weighted by atomic mass is 9.39. The maximum Gasteiger partial charge on any atom is 0.509 e. The average Bonchev–Trinajstić information content (AvgIpc) is 2.63. The van der Waals surface area contributed by atoms with E-state index < -0.39 is 69.8 Å². The normalized spacial score (nSPS) is 49.5. The van der Waals surface area contributed by atoms with Crippen molar-refractivity contribution in [2.75, 3.05) is 0 Å². The van der Waals surface area contributed by atoms with Gasteiger partial charge in [-0.05, 0) is 32.1 Å². The number of rotatable bonds is 2. The number of aliphatic hydroxyl groups is 1. The molecule has 0 amide bonds. The lowest BCUT2D eigenvalue weighted by Gasteiger charge is -2.72. The Labute approximate surface area is 186 Å². The first kappa shape index (κ1) is 23.0. The fourth-order valence-corrected chi connectivity index (χ4v) is 7.41. The summed E-state index contributed by atoms with van der Waals surface area (Å²) >= 11 is 0. The van der Waals surface area contributed by atoms with E-state index in [1.807, 2.05) is 13.8 Å². The monoisotopic (exact) mass is 453 g/mol. The molecule has 4 fully saturated rings. The number of aliphatic hydroxyl groups excluding tert-OH is 1. The smallest absolute Gasteiger partial charge is 0.457 e. The highest BCUT2D eigenvalue weighted by Crippen LogP contribution is 2.69. The maximum absolute atomic E-state index is 14.0. The van der Waals surface area contributed by atoms with E-state index in [0.717, 1.165) is 6.21 Å². The van der Waals surface area contributed by atoms with Gasteiger partial charge in [0.15, 0.2) is 17.5 Å². The predicted molar refractivity (Wildman–Crippen MR) is 108 cm³/mol. The van der Waals surface area contributed by atoms with E-state index in [-0.39, 0.29) is 6.42 Å². The number of nitrogens with zero attached hydrogens (tertiary/aromatic N) is 1. The minimum absolute atomic E-state index is 0.252. The molecule has 0 bridgehead atoms. The zero-order chi connectivity index (χ0) is 23.9. The van der Waals surface area contributed by atoms with Crippen molar-refractivity contribution in [3.8, 4) is 0 Å². The largest absolute Gasteiger partial charge is 0.509 e. The third kappa shape index (κ3) is 2.59. The van der Waals surface area contributed by atoms with E-state index in [1.165, 1.54) is 20.8 Å². The fourth-order valence-electron chi connectivity index (χ4n) is 7.41. The van der Waals surface area contributed by atoms with Gasteiger partial charge in [0.05, 0.1) is 17.7 Å². The molecule has 2 aliphatic heterocycles. The number of ether oxygens (including phenoxy) is 4. The van der Waals surface area contributed by atoms with Crippen LogP contribution in [0.3, 0.4) is 0 Å². The zero-order valence-electron chi connectivity index (χ0n) is 19.2. The molecule has 0 unspecified atom stereocenters. The molecule has 32 heavy (non-hydrogen) atoms. The molecule has 4 rings (SSSR count). The molecule has 178 valence electrons. The van der Waals surface area contributed by atoms with E-state index in [9.17, 15) is 24.7 Å². The number of carbonyl (C=O) groups is 3. The van der Waals surface area contributed by atoms with Gasteiger partial charge in [-0.2, -0.15) is 0 Å². The molecular weight excluding hydrogens is 422 g/mol. The molecule has 1 spiro atoms. The highest BCUT2D eigenvalue weighted by atomic mass is 16.8. The van der Waals surface area contributed by atoms with E-state index in [2.05, 4.69) is 5.16 Å². The third-order valence-corrected chi connectivity index (χ3v) is 8.31. The Kier molecular flexibility index (Phi) is 4.78. The second-order valence-electron chi connectivity index (χ2n) is 10.8. The molecule has 0 aromatic carbocycles. The summed E-state index contributed by atoms with van der Waals surface area (Å²) < 4.78 is 23.4. The van der Waals surface area contributed by atoms with Crippen molar-refractivity contribution in [3.63, 3.8) is 0 Å². The second kappa shape index (κ2) is 6.66. The molecule has 2 saturated carbocycles. The summed E-state index contributed by atoms with van der Waals surface area (Å²) in [7, 11) is 0. The van der Waals surface area contributed by atoms with Crippen LogP contribution in [-0.2, 0) is 28.5 Å². The summed E-state index contributed by atoms with van der Waals surface area (Å²) in [5.74, 6) is -1.77. The van der Waals surface area contributed by atoms with Gasteiger partial charge in [0, 0.05) is 19.3 Å². The minimum atomic E-state index is -1.90. The summed E-state index contributed by atoms with van der Waals surface area (Å²) in [5.41, 5.74) is -6.76. The number of ketones is 1. The molecular formula is C22H31NO9. The quantitative estimate of drug-likeness (QED) is 0.278. The second-order valence-corrected chi connectivity index (χ2v) is 10.8. The number of Topliss-reactive ketones (excluding diaryl/α,β-unsaturated/α-hetero) is 1. The molecule has 10 heteroatoms. The molecule has 2 aliphatic carbocycles. The molecule has 0 radical (unpaired) electrons. The molecule has 2 N–H and O–H groups in total. The van der Waals surface area contributed by atoms with Gasteiger partial charge >= 0.3 is 12.1 Å². The van der Waals surface area contributed by atoms with E-state index in [0.29, 0.717) is 12.8 Å². The lowest BCUT2D eigenvalue weighted by molar-refractivity contribution is -0.384. The van der Waals surface area contributed by atoms with Crippen LogP contribution in [0, 0.1) is 16.7 Å². The van der Waals surface area contributed by atoms with E-state index in [4.69, 9.17) is 18.9 Å². The lowest BCUT2D eigenvalue weighted by Crippen LogP contribution is -2.89. The molecule has 4 aliphatic rings. The highest BCUT2D eigenvalue weighted by molar-refractivity contribution is 5.97. The van der Waals surface area contributed by atoms with E-state index in [1.54, 1.807) is 6.92 Å². The summed E-state index contributed by atoms with van der Waals surface area (Å²) in [6.07, 6.45) is -2.40. The van der Waals surface area contributed by atoms with Gasteiger partial charge < -0.3 is 29.3 Å². The van der Waals surface area contributed by atoms with Crippen molar-refractivity contribution in [2.45, 2.75) is 95.9 Å². The summed E-state index contributed by atoms with van der Waals surface area (Å²) in [6, 6.07) is 0. The topological polar surface area (TPSA) is 141 Å². The Morgan fingerprint density at radius 2 is 1.88 bits per heavy atom. The average molecular weight is 453 g/mol. The number of hydrogen-bond acceptors (Lipinski definition) is 10. The zero-order valence-corrected chi connectivity index (χ0v) is 19.2. The fraction of sp³-hybridized carbons (Fsp3) is 0.818. The molecule has 0 aromatic rings. The third-order valence-electron chi connectivity index (χ3n) is 8.31. The molecule has 2 heterocycles. The van der Waals surface area contributed by atoms with Crippen molar-refractivity contribution in [1.29, 1.82) is 0 Å². The molecule has 0 aromatic heterocycles. The summed E-state index contributed by atoms with van der Waals surface area (Å²) in [5, 5.41) is 23.9. The van der Waals surface area contributed by atoms with Crippen LogP contribution in [0.15, 0.2) is 5.16 Å². The van der Waals surface area contributed by atoms with Crippen LogP contribution in [0.25, 0.3) is 0 Å². The minimum Gasteiger partial charge on any atom is -0.457 e. The van der Waals surface area contributed by atoms with Gasteiger partial charge in [0.2, 0.25) is 5.60 Å². The van der Waals surface area contributed by atoms with Gasteiger partial charge in [-0.3, -0.25) is 9.59 Å². The number of carbonyl (C=O) groups excluding carboxylic acids is 3. The first-order valence-corrected chi connectivity index (χ1v) is 10.9. The van der Waals surface area contributed by atoms with Crippen LogP contribution < -0.4 is 0 Å². The van der Waals surface area contributed by atoms with Crippen LogP contribution in [0.5, 0.6) is 0 Å². The van der Waals surface area contributed by atoms with Gasteiger partial charge in [0.1, 0.15) is 11.7 Å².